The maximum atomic E-state index is 12.4. The van der Waals surface area contributed by atoms with Gasteiger partial charge in [-0.15, -0.1) is 13.2 Å². The lowest BCUT2D eigenvalue weighted by atomic mass is 9.87. The van der Waals surface area contributed by atoms with Crippen molar-refractivity contribution in [1.82, 2.24) is 9.97 Å². The molecule has 1 fully saturated rings. The molecule has 3 rings (SSSR count). The fourth-order valence-corrected chi connectivity index (χ4v) is 3.50. The molecule has 0 saturated heterocycles. The third-order valence-corrected chi connectivity index (χ3v) is 5.02. The van der Waals surface area contributed by atoms with Gasteiger partial charge in [0, 0.05) is 12.2 Å². The van der Waals surface area contributed by atoms with Crippen LogP contribution in [0, 0.1) is 12.8 Å². The van der Waals surface area contributed by atoms with Gasteiger partial charge < -0.3 is 14.8 Å². The molecule has 152 valence electrons. The highest BCUT2D eigenvalue weighted by Gasteiger charge is 2.31. The minimum Gasteiger partial charge on any atom is -0.480 e. The number of hydrogen-bond donors (Lipinski definition) is 1. The van der Waals surface area contributed by atoms with Gasteiger partial charge >= 0.3 is 6.36 Å². The van der Waals surface area contributed by atoms with Gasteiger partial charge in [0.25, 0.3) is 0 Å². The van der Waals surface area contributed by atoms with E-state index in [0.717, 1.165) is 18.8 Å². The SMILES string of the molecule is COc1nc(N[C@H]2CC[C@H](C)CC2)ncc1-c1ccc(OC(F)(F)F)cc1C. The Balaban J connectivity index is 1.80. The molecular weight excluding hydrogens is 371 g/mol. The second-order valence-electron chi connectivity index (χ2n) is 7.24. The van der Waals surface area contributed by atoms with Crippen LogP contribution in [0.4, 0.5) is 19.1 Å². The molecule has 28 heavy (non-hydrogen) atoms. The van der Waals surface area contributed by atoms with Gasteiger partial charge in [0.15, 0.2) is 0 Å². The summed E-state index contributed by atoms with van der Waals surface area (Å²) < 4.78 is 46.6. The zero-order chi connectivity index (χ0) is 20.3. The number of benzene rings is 1. The standard InChI is InChI=1S/C20H24F3N3O2/c1-12-4-6-14(7-5-12)25-19-24-11-17(18(26-19)27-3)16-9-8-15(10-13(16)2)28-20(21,22)23/h8-12,14H,4-7H2,1-3H3,(H,24,25,26)/t12-,14-. The van der Waals surface area contributed by atoms with E-state index in [-0.39, 0.29) is 5.75 Å². The van der Waals surface area contributed by atoms with E-state index >= 15 is 0 Å². The van der Waals surface area contributed by atoms with Gasteiger partial charge in [0.1, 0.15) is 5.75 Å². The summed E-state index contributed by atoms with van der Waals surface area (Å²) >= 11 is 0. The largest absolute Gasteiger partial charge is 0.573 e. The van der Waals surface area contributed by atoms with Gasteiger partial charge in [-0.3, -0.25) is 0 Å². The number of anilines is 1. The number of methoxy groups -OCH3 is 1. The Morgan fingerprint density at radius 1 is 1.11 bits per heavy atom. The van der Waals surface area contributed by atoms with E-state index in [1.165, 1.54) is 32.1 Å². The lowest BCUT2D eigenvalue weighted by Gasteiger charge is -2.27. The van der Waals surface area contributed by atoms with Crippen LogP contribution in [-0.2, 0) is 0 Å². The number of aromatic nitrogens is 2. The van der Waals surface area contributed by atoms with Crippen LogP contribution in [0.15, 0.2) is 24.4 Å². The van der Waals surface area contributed by atoms with Crippen LogP contribution in [0.25, 0.3) is 11.1 Å². The lowest BCUT2D eigenvalue weighted by molar-refractivity contribution is -0.274. The summed E-state index contributed by atoms with van der Waals surface area (Å²) in [4.78, 5) is 8.83. The molecule has 0 bridgehead atoms. The minimum atomic E-state index is -4.72. The second-order valence-corrected chi connectivity index (χ2v) is 7.24. The number of aryl methyl sites for hydroxylation is 1. The highest BCUT2D eigenvalue weighted by Crippen LogP contribution is 2.34. The second kappa shape index (κ2) is 8.24. The zero-order valence-electron chi connectivity index (χ0n) is 16.1. The molecule has 1 aliphatic rings. The van der Waals surface area contributed by atoms with E-state index in [1.807, 2.05) is 0 Å². The number of nitrogens with one attached hydrogen (secondary N) is 1. The summed E-state index contributed by atoms with van der Waals surface area (Å²) in [6, 6.07) is 4.49. The maximum Gasteiger partial charge on any atom is 0.573 e. The van der Waals surface area contributed by atoms with Gasteiger partial charge in [-0.05, 0) is 61.8 Å². The Morgan fingerprint density at radius 2 is 1.82 bits per heavy atom. The predicted octanol–water partition coefficient (Wildman–Crippen LogP) is 5.35. The molecule has 0 radical (unpaired) electrons. The van der Waals surface area contributed by atoms with Crippen LogP contribution in [0.1, 0.15) is 38.2 Å². The molecule has 1 heterocycles. The molecule has 1 aliphatic carbocycles. The van der Waals surface area contributed by atoms with Crippen LogP contribution in [-0.4, -0.2) is 29.5 Å². The van der Waals surface area contributed by atoms with Crippen molar-refractivity contribution in [2.24, 2.45) is 5.92 Å². The Hall–Kier alpha value is -2.51. The summed E-state index contributed by atoms with van der Waals surface area (Å²) in [5, 5.41) is 3.36. The minimum absolute atomic E-state index is 0.265. The molecule has 0 spiro atoms. The summed E-state index contributed by atoms with van der Waals surface area (Å²) in [6.45, 7) is 3.96. The van der Waals surface area contributed by atoms with Gasteiger partial charge in [0.2, 0.25) is 11.8 Å². The van der Waals surface area contributed by atoms with E-state index < -0.39 is 6.36 Å². The summed E-state index contributed by atoms with van der Waals surface area (Å²) in [6.07, 6.45) is 1.42. The first-order chi connectivity index (χ1) is 13.2. The normalized spacial score (nSPS) is 19.9. The quantitative estimate of drug-likeness (QED) is 0.740. The maximum absolute atomic E-state index is 12.4. The van der Waals surface area contributed by atoms with E-state index in [0.29, 0.717) is 34.6 Å². The molecule has 2 aromatic rings. The van der Waals surface area contributed by atoms with Gasteiger partial charge in [-0.25, -0.2) is 4.98 Å². The smallest absolute Gasteiger partial charge is 0.480 e. The first-order valence-corrected chi connectivity index (χ1v) is 9.29. The van der Waals surface area contributed by atoms with Crippen molar-refractivity contribution >= 4 is 5.95 Å². The molecule has 1 N–H and O–H groups in total. The van der Waals surface area contributed by atoms with Crippen molar-refractivity contribution in [2.45, 2.75) is 51.9 Å². The highest BCUT2D eigenvalue weighted by molar-refractivity contribution is 5.72. The number of rotatable bonds is 5. The third-order valence-electron chi connectivity index (χ3n) is 5.02. The van der Waals surface area contributed by atoms with E-state index in [9.17, 15) is 13.2 Å². The predicted molar refractivity (Wildman–Crippen MR) is 100 cm³/mol. The fourth-order valence-electron chi connectivity index (χ4n) is 3.50. The highest BCUT2D eigenvalue weighted by atomic mass is 19.4. The molecule has 1 aromatic carbocycles. The molecule has 8 heteroatoms. The molecule has 5 nitrogen and oxygen atoms in total. The lowest BCUT2D eigenvalue weighted by Crippen LogP contribution is -2.26. The summed E-state index contributed by atoms with van der Waals surface area (Å²) in [5.41, 5.74) is 1.90. The van der Waals surface area contributed by atoms with Crippen molar-refractivity contribution in [2.75, 3.05) is 12.4 Å². The van der Waals surface area contributed by atoms with Crippen molar-refractivity contribution < 1.29 is 22.6 Å². The van der Waals surface area contributed by atoms with Crippen molar-refractivity contribution in [1.29, 1.82) is 0 Å². The average molecular weight is 395 g/mol. The monoisotopic (exact) mass is 395 g/mol. The number of ether oxygens (including phenoxy) is 2. The van der Waals surface area contributed by atoms with E-state index in [1.54, 1.807) is 19.2 Å². The van der Waals surface area contributed by atoms with Crippen molar-refractivity contribution in [3.63, 3.8) is 0 Å². The Kier molecular flexibility index (Phi) is 5.96. The Labute approximate surface area is 162 Å². The van der Waals surface area contributed by atoms with Crippen LogP contribution in [0.3, 0.4) is 0 Å². The van der Waals surface area contributed by atoms with Gasteiger partial charge in [-0.2, -0.15) is 4.98 Å². The topological polar surface area (TPSA) is 56.3 Å². The first-order valence-electron chi connectivity index (χ1n) is 9.29. The zero-order valence-corrected chi connectivity index (χ0v) is 16.1. The van der Waals surface area contributed by atoms with Crippen LogP contribution in [0.2, 0.25) is 0 Å². The van der Waals surface area contributed by atoms with Crippen LogP contribution >= 0.6 is 0 Å². The Morgan fingerprint density at radius 3 is 2.43 bits per heavy atom. The van der Waals surface area contributed by atoms with Crippen molar-refractivity contribution in [3.8, 4) is 22.8 Å². The third kappa shape index (κ3) is 5.05. The average Bonchev–Trinajstić information content (AvgIpc) is 2.63. The summed E-state index contributed by atoms with van der Waals surface area (Å²) in [7, 11) is 1.51. The van der Waals surface area contributed by atoms with E-state index in [2.05, 4.69) is 26.9 Å². The molecule has 0 aliphatic heterocycles. The fraction of sp³-hybridized carbons (Fsp3) is 0.500. The molecule has 1 aromatic heterocycles. The molecule has 0 atom stereocenters. The molecule has 0 unspecified atom stereocenters. The number of hydrogen-bond acceptors (Lipinski definition) is 5. The van der Waals surface area contributed by atoms with E-state index in [4.69, 9.17) is 4.74 Å². The van der Waals surface area contributed by atoms with Gasteiger partial charge in [0.05, 0.1) is 12.7 Å². The molecule has 1 saturated carbocycles. The number of nitrogens with zero attached hydrogens (tertiary/aromatic N) is 2. The number of alkyl halides is 3. The van der Waals surface area contributed by atoms with Crippen LogP contribution < -0.4 is 14.8 Å². The molecule has 0 amide bonds. The number of halogens is 3. The van der Waals surface area contributed by atoms with Gasteiger partial charge in [-0.1, -0.05) is 13.0 Å². The molecular formula is C20H24F3N3O2. The summed E-state index contributed by atoms with van der Waals surface area (Å²) in [5.74, 6) is 1.35. The Bertz CT molecular complexity index is 819. The first kappa shape index (κ1) is 20.2. The van der Waals surface area contributed by atoms with Crippen molar-refractivity contribution in [3.05, 3.63) is 30.0 Å². The van der Waals surface area contributed by atoms with Crippen LogP contribution in [0.5, 0.6) is 11.6 Å².